The molecule has 0 unspecified atom stereocenters. The Morgan fingerprint density at radius 2 is 1.82 bits per heavy atom. The first kappa shape index (κ1) is 27.6. The molecule has 0 aromatic carbocycles. The lowest BCUT2D eigenvalue weighted by Gasteiger charge is -2.36. The molecule has 3 amide bonds. The van der Waals surface area contributed by atoms with Crippen LogP contribution in [0.1, 0.15) is 61.3 Å². The molecule has 1 aliphatic heterocycles. The molecule has 2 fully saturated rings. The van der Waals surface area contributed by atoms with Crippen molar-refractivity contribution in [1.82, 2.24) is 15.5 Å². The number of likely N-dealkylation sites (tertiary alicyclic amines) is 1. The molecule has 0 aromatic heterocycles. The Kier molecular flexibility index (Phi) is 8.07. The Labute approximate surface area is 201 Å². The normalized spacial score (nSPS) is 27.4. The Morgan fingerprint density at radius 1 is 1.21 bits per heavy atom. The standard InChI is InChI=1S/C24H39N3O7/c1-9-14-12-24(14,20(31)33-10-2)26-18(29)16-11-15(28)13-27(16)19(30)17(22(3,4)5)25-21(32)34-23(6,7)8/h9,14-17,28H,1,10-13H2,2-8H3,(H,25,32)(H,26,29)/t14-,15-,16-,17+,24+/m0/s1. The second kappa shape index (κ2) is 9.93. The third kappa shape index (κ3) is 6.28. The molecule has 5 atom stereocenters. The summed E-state index contributed by atoms with van der Waals surface area (Å²) in [5, 5.41) is 15.7. The average Bonchev–Trinajstić information content (AvgIpc) is 3.26. The van der Waals surface area contributed by atoms with Gasteiger partial charge in [-0.1, -0.05) is 26.8 Å². The summed E-state index contributed by atoms with van der Waals surface area (Å²) in [7, 11) is 0. The number of alkyl carbamates (subject to hydrolysis) is 1. The number of amides is 3. The number of nitrogens with zero attached hydrogens (tertiary/aromatic N) is 1. The molecule has 0 radical (unpaired) electrons. The quantitative estimate of drug-likeness (QED) is 0.371. The number of carbonyl (C=O) groups excluding carboxylic acids is 4. The van der Waals surface area contributed by atoms with E-state index in [0.29, 0.717) is 6.42 Å². The molecule has 2 aliphatic rings. The Hall–Kier alpha value is -2.62. The van der Waals surface area contributed by atoms with Crippen molar-refractivity contribution >= 4 is 23.9 Å². The van der Waals surface area contributed by atoms with Crippen molar-refractivity contribution in [1.29, 1.82) is 0 Å². The smallest absolute Gasteiger partial charge is 0.408 e. The molecule has 3 N–H and O–H groups in total. The number of hydrogen-bond donors (Lipinski definition) is 3. The third-order valence-electron chi connectivity index (χ3n) is 5.92. The number of carbonyl (C=O) groups is 4. The minimum atomic E-state index is -1.21. The molecule has 10 heteroatoms. The summed E-state index contributed by atoms with van der Waals surface area (Å²) in [4.78, 5) is 53.0. The fraction of sp³-hybridized carbons (Fsp3) is 0.750. The van der Waals surface area contributed by atoms with Gasteiger partial charge in [0.1, 0.15) is 23.2 Å². The highest BCUT2D eigenvalue weighted by Gasteiger charge is 2.62. The minimum absolute atomic E-state index is 0.0124. The van der Waals surface area contributed by atoms with Gasteiger partial charge in [0.25, 0.3) is 0 Å². The molecule has 10 nitrogen and oxygen atoms in total. The van der Waals surface area contributed by atoms with Crippen LogP contribution in [0.25, 0.3) is 0 Å². The predicted octanol–water partition coefficient (Wildman–Crippen LogP) is 1.51. The summed E-state index contributed by atoms with van der Waals surface area (Å²) in [6, 6.07) is -2.02. The monoisotopic (exact) mass is 481 g/mol. The van der Waals surface area contributed by atoms with Crippen molar-refractivity contribution in [3.8, 4) is 0 Å². The van der Waals surface area contributed by atoms with Crippen molar-refractivity contribution in [3.63, 3.8) is 0 Å². The second-order valence-corrected chi connectivity index (χ2v) is 11.1. The van der Waals surface area contributed by atoms with Crippen LogP contribution >= 0.6 is 0 Å². The lowest BCUT2D eigenvalue weighted by Crippen LogP contribution is -2.59. The SMILES string of the molecule is C=C[C@H]1C[C@]1(NC(=O)[C@@H]1C[C@H](O)CN1C(=O)[C@@H](NC(=O)OC(C)(C)C)C(C)(C)C)C(=O)OCC. The maximum atomic E-state index is 13.5. The number of aliphatic hydroxyl groups excluding tert-OH is 1. The van der Waals surface area contributed by atoms with Gasteiger partial charge in [-0.2, -0.15) is 0 Å². The van der Waals surface area contributed by atoms with E-state index in [9.17, 15) is 24.3 Å². The summed E-state index contributed by atoms with van der Waals surface area (Å²) >= 11 is 0. The van der Waals surface area contributed by atoms with Gasteiger partial charge in [-0.15, -0.1) is 6.58 Å². The van der Waals surface area contributed by atoms with Gasteiger partial charge in [0.05, 0.1) is 12.7 Å². The van der Waals surface area contributed by atoms with E-state index < -0.39 is 58.6 Å². The molecule has 1 heterocycles. The zero-order valence-corrected chi connectivity index (χ0v) is 21.3. The van der Waals surface area contributed by atoms with Crippen LogP contribution in [0.2, 0.25) is 0 Å². The summed E-state index contributed by atoms with van der Waals surface area (Å²) in [5.41, 5.74) is -2.68. The van der Waals surface area contributed by atoms with E-state index in [-0.39, 0.29) is 25.5 Å². The van der Waals surface area contributed by atoms with E-state index in [1.807, 2.05) is 0 Å². The number of rotatable bonds is 7. The number of nitrogens with one attached hydrogen (secondary N) is 2. The van der Waals surface area contributed by atoms with Gasteiger partial charge >= 0.3 is 12.1 Å². The first-order valence-corrected chi connectivity index (χ1v) is 11.7. The van der Waals surface area contributed by atoms with Crippen molar-refractivity contribution in [2.45, 2.75) is 90.6 Å². The molecule has 192 valence electrons. The van der Waals surface area contributed by atoms with Crippen LogP contribution in [0.15, 0.2) is 12.7 Å². The van der Waals surface area contributed by atoms with Gasteiger partial charge in [0.15, 0.2) is 0 Å². The van der Waals surface area contributed by atoms with Crippen LogP contribution in [0.4, 0.5) is 4.79 Å². The lowest BCUT2D eigenvalue weighted by molar-refractivity contribution is -0.150. The van der Waals surface area contributed by atoms with Crippen LogP contribution in [0.3, 0.4) is 0 Å². The van der Waals surface area contributed by atoms with E-state index in [1.165, 1.54) is 4.90 Å². The highest BCUT2D eigenvalue weighted by Crippen LogP contribution is 2.45. The van der Waals surface area contributed by atoms with Gasteiger partial charge in [-0.3, -0.25) is 9.59 Å². The van der Waals surface area contributed by atoms with Gasteiger partial charge in [-0.25, -0.2) is 9.59 Å². The maximum absolute atomic E-state index is 13.5. The lowest BCUT2D eigenvalue weighted by atomic mass is 9.85. The van der Waals surface area contributed by atoms with Crippen molar-refractivity contribution in [3.05, 3.63) is 12.7 Å². The molecule has 1 saturated heterocycles. The van der Waals surface area contributed by atoms with Crippen molar-refractivity contribution in [2.24, 2.45) is 11.3 Å². The van der Waals surface area contributed by atoms with Gasteiger partial charge < -0.3 is 30.1 Å². The Balaban J connectivity index is 2.24. The highest BCUT2D eigenvalue weighted by molar-refractivity contribution is 5.96. The van der Waals surface area contributed by atoms with Gasteiger partial charge in [-0.05, 0) is 39.5 Å². The number of esters is 1. The van der Waals surface area contributed by atoms with Crippen LogP contribution < -0.4 is 10.6 Å². The predicted molar refractivity (Wildman–Crippen MR) is 125 cm³/mol. The first-order valence-electron chi connectivity index (χ1n) is 11.7. The fourth-order valence-corrected chi connectivity index (χ4v) is 4.11. The van der Waals surface area contributed by atoms with E-state index in [4.69, 9.17) is 9.47 Å². The molecular weight excluding hydrogens is 442 g/mol. The van der Waals surface area contributed by atoms with Crippen LogP contribution in [-0.4, -0.2) is 76.4 Å². The zero-order valence-electron chi connectivity index (χ0n) is 21.3. The van der Waals surface area contributed by atoms with Gasteiger partial charge in [0, 0.05) is 18.9 Å². The molecule has 0 bridgehead atoms. The number of aliphatic hydroxyl groups is 1. The highest BCUT2D eigenvalue weighted by atomic mass is 16.6. The van der Waals surface area contributed by atoms with E-state index in [0.717, 1.165) is 0 Å². The second-order valence-electron chi connectivity index (χ2n) is 11.1. The van der Waals surface area contributed by atoms with Crippen molar-refractivity contribution < 1.29 is 33.8 Å². The molecular formula is C24H39N3O7. The summed E-state index contributed by atoms with van der Waals surface area (Å²) in [6.45, 7) is 16.0. The minimum Gasteiger partial charge on any atom is -0.464 e. The molecule has 0 spiro atoms. The summed E-state index contributed by atoms with van der Waals surface area (Å²) in [5.74, 6) is -1.91. The maximum Gasteiger partial charge on any atom is 0.408 e. The number of β-amino-alcohol motifs (C(OH)–C–C–N with tert-alkyl or cyclic N) is 1. The molecule has 34 heavy (non-hydrogen) atoms. The van der Waals surface area contributed by atoms with E-state index in [2.05, 4.69) is 17.2 Å². The van der Waals surface area contributed by atoms with Crippen LogP contribution in [-0.2, 0) is 23.9 Å². The largest absolute Gasteiger partial charge is 0.464 e. The van der Waals surface area contributed by atoms with Crippen molar-refractivity contribution in [2.75, 3.05) is 13.2 Å². The summed E-state index contributed by atoms with van der Waals surface area (Å²) < 4.78 is 10.4. The topological polar surface area (TPSA) is 134 Å². The molecule has 1 aliphatic carbocycles. The summed E-state index contributed by atoms with van der Waals surface area (Å²) in [6.07, 6.45) is 0.280. The fourth-order valence-electron chi connectivity index (χ4n) is 4.11. The molecule has 1 saturated carbocycles. The van der Waals surface area contributed by atoms with Crippen LogP contribution in [0, 0.1) is 11.3 Å². The molecule has 2 rings (SSSR count). The zero-order chi connectivity index (χ0) is 26.1. The Bertz CT molecular complexity index is 829. The first-order chi connectivity index (χ1) is 15.6. The number of ether oxygens (including phenoxy) is 2. The average molecular weight is 482 g/mol. The number of hydrogen-bond acceptors (Lipinski definition) is 7. The third-order valence-corrected chi connectivity index (χ3v) is 5.92. The van der Waals surface area contributed by atoms with E-state index in [1.54, 1.807) is 54.5 Å². The van der Waals surface area contributed by atoms with E-state index >= 15 is 0 Å². The van der Waals surface area contributed by atoms with Crippen LogP contribution in [0.5, 0.6) is 0 Å². The molecule has 0 aromatic rings. The Morgan fingerprint density at radius 3 is 2.29 bits per heavy atom. The van der Waals surface area contributed by atoms with Gasteiger partial charge in [0.2, 0.25) is 11.8 Å².